The molecule has 116 valence electrons. The van der Waals surface area contributed by atoms with Crippen LogP contribution < -0.4 is 5.32 Å². The third kappa shape index (κ3) is 3.40. The van der Waals surface area contributed by atoms with Crippen molar-refractivity contribution in [3.63, 3.8) is 0 Å². The van der Waals surface area contributed by atoms with E-state index in [4.69, 9.17) is 0 Å². The molecule has 0 spiro atoms. The first kappa shape index (κ1) is 15.2. The number of rotatable bonds is 3. The monoisotopic (exact) mass is 334 g/mol. The van der Waals surface area contributed by atoms with Crippen molar-refractivity contribution in [2.45, 2.75) is 0 Å². The summed E-state index contributed by atoms with van der Waals surface area (Å²) in [5.41, 5.74) is 0.962. The molecule has 0 bridgehead atoms. The smallest absolute Gasteiger partial charge is 0.257 e. The first-order valence-electron chi connectivity index (χ1n) is 6.51. The SMILES string of the molecule is O=C(Nc1nc(-c2ccc(F)c(F)c2)cs1)c1cccc(F)c1. The Morgan fingerprint density at radius 2 is 1.87 bits per heavy atom. The number of carbonyl (C=O) groups is 1. The van der Waals surface area contributed by atoms with Gasteiger partial charge in [-0.05, 0) is 36.4 Å². The van der Waals surface area contributed by atoms with Gasteiger partial charge in [-0.15, -0.1) is 11.3 Å². The summed E-state index contributed by atoms with van der Waals surface area (Å²) >= 11 is 1.13. The number of benzene rings is 2. The number of carbonyl (C=O) groups excluding carboxylic acids is 1. The molecule has 0 saturated heterocycles. The van der Waals surface area contributed by atoms with E-state index in [-0.39, 0.29) is 10.7 Å². The standard InChI is InChI=1S/C16H9F3N2OS/c17-11-3-1-2-10(6-11)15(22)21-16-20-14(8-23-16)9-4-5-12(18)13(19)7-9/h1-8H,(H,20,21,22). The van der Waals surface area contributed by atoms with E-state index in [9.17, 15) is 18.0 Å². The number of hydrogen-bond donors (Lipinski definition) is 1. The summed E-state index contributed by atoms with van der Waals surface area (Å²) in [6, 6.07) is 8.69. The number of aromatic nitrogens is 1. The average molecular weight is 334 g/mol. The van der Waals surface area contributed by atoms with Crippen molar-refractivity contribution in [2.24, 2.45) is 0 Å². The van der Waals surface area contributed by atoms with Crippen LogP contribution >= 0.6 is 11.3 Å². The lowest BCUT2D eigenvalue weighted by molar-refractivity contribution is 0.102. The number of halogens is 3. The predicted molar refractivity (Wildman–Crippen MR) is 81.8 cm³/mol. The molecule has 3 aromatic rings. The van der Waals surface area contributed by atoms with Crippen LogP contribution in [-0.2, 0) is 0 Å². The van der Waals surface area contributed by atoms with Crippen molar-refractivity contribution < 1.29 is 18.0 Å². The molecule has 0 saturated carbocycles. The maximum Gasteiger partial charge on any atom is 0.257 e. The zero-order chi connectivity index (χ0) is 16.4. The summed E-state index contributed by atoms with van der Waals surface area (Å²) in [5.74, 6) is -2.93. The summed E-state index contributed by atoms with van der Waals surface area (Å²) in [7, 11) is 0. The predicted octanol–water partition coefficient (Wildman–Crippen LogP) is 4.48. The van der Waals surface area contributed by atoms with Crippen molar-refractivity contribution in [2.75, 3.05) is 5.32 Å². The first-order valence-corrected chi connectivity index (χ1v) is 7.39. The minimum atomic E-state index is -0.971. The maximum absolute atomic E-state index is 13.2. The molecule has 7 heteroatoms. The van der Waals surface area contributed by atoms with Crippen molar-refractivity contribution in [3.05, 3.63) is 70.9 Å². The van der Waals surface area contributed by atoms with Crippen LogP contribution in [0.25, 0.3) is 11.3 Å². The second-order valence-corrected chi connectivity index (χ2v) is 5.49. The normalized spacial score (nSPS) is 10.6. The quantitative estimate of drug-likeness (QED) is 0.767. The Morgan fingerprint density at radius 1 is 1.04 bits per heavy atom. The van der Waals surface area contributed by atoms with E-state index in [0.29, 0.717) is 11.3 Å². The molecule has 0 unspecified atom stereocenters. The highest BCUT2D eigenvalue weighted by atomic mass is 32.1. The molecule has 0 aliphatic heterocycles. The first-order chi connectivity index (χ1) is 11.0. The van der Waals surface area contributed by atoms with E-state index in [1.54, 1.807) is 5.38 Å². The molecule has 23 heavy (non-hydrogen) atoms. The van der Waals surface area contributed by atoms with Crippen LogP contribution in [0.2, 0.25) is 0 Å². The minimum absolute atomic E-state index is 0.162. The molecule has 3 rings (SSSR count). The van der Waals surface area contributed by atoms with Gasteiger partial charge in [-0.3, -0.25) is 10.1 Å². The van der Waals surface area contributed by atoms with Crippen LogP contribution in [0.3, 0.4) is 0 Å². The second kappa shape index (κ2) is 6.21. The zero-order valence-electron chi connectivity index (χ0n) is 11.5. The van der Waals surface area contributed by atoms with Gasteiger partial charge in [0.1, 0.15) is 5.82 Å². The molecule has 0 aliphatic rings. The fourth-order valence-corrected chi connectivity index (χ4v) is 2.63. The molecular weight excluding hydrogens is 325 g/mol. The number of anilines is 1. The molecule has 1 heterocycles. The Hall–Kier alpha value is -2.67. The summed E-state index contributed by atoms with van der Waals surface area (Å²) < 4.78 is 39.3. The Balaban J connectivity index is 1.79. The van der Waals surface area contributed by atoms with E-state index in [2.05, 4.69) is 10.3 Å². The molecule has 1 amide bonds. The zero-order valence-corrected chi connectivity index (χ0v) is 12.3. The van der Waals surface area contributed by atoms with Gasteiger partial charge >= 0.3 is 0 Å². The summed E-state index contributed by atoms with van der Waals surface area (Å²) in [5, 5.41) is 4.42. The fourth-order valence-electron chi connectivity index (χ4n) is 1.92. The van der Waals surface area contributed by atoms with Gasteiger partial charge < -0.3 is 0 Å². The number of hydrogen-bond acceptors (Lipinski definition) is 3. The lowest BCUT2D eigenvalue weighted by atomic mass is 10.2. The third-order valence-corrected chi connectivity index (χ3v) is 3.78. The number of thiazole rings is 1. The molecule has 0 atom stereocenters. The largest absolute Gasteiger partial charge is 0.298 e. The van der Waals surface area contributed by atoms with Gasteiger partial charge in [-0.2, -0.15) is 0 Å². The number of nitrogens with zero attached hydrogens (tertiary/aromatic N) is 1. The lowest BCUT2D eigenvalue weighted by Gasteiger charge is -2.01. The fraction of sp³-hybridized carbons (Fsp3) is 0. The highest BCUT2D eigenvalue weighted by Crippen LogP contribution is 2.26. The summed E-state index contributed by atoms with van der Waals surface area (Å²) in [4.78, 5) is 16.1. The van der Waals surface area contributed by atoms with Crippen molar-refractivity contribution in [3.8, 4) is 11.3 Å². The Bertz CT molecular complexity index is 879. The van der Waals surface area contributed by atoms with Gasteiger partial charge in [0.2, 0.25) is 0 Å². The topological polar surface area (TPSA) is 42.0 Å². The van der Waals surface area contributed by atoms with Crippen molar-refractivity contribution >= 4 is 22.4 Å². The van der Waals surface area contributed by atoms with Gasteiger partial charge in [-0.1, -0.05) is 6.07 Å². The molecule has 1 aromatic heterocycles. The molecule has 0 aliphatic carbocycles. The Kier molecular flexibility index (Phi) is 4.12. The Labute approximate surface area is 133 Å². The van der Waals surface area contributed by atoms with Crippen LogP contribution in [0, 0.1) is 17.5 Å². The van der Waals surface area contributed by atoms with E-state index >= 15 is 0 Å². The second-order valence-electron chi connectivity index (χ2n) is 4.63. The lowest BCUT2D eigenvalue weighted by Crippen LogP contribution is -2.11. The molecule has 0 fully saturated rings. The van der Waals surface area contributed by atoms with Gasteiger partial charge in [0.15, 0.2) is 16.8 Å². The van der Waals surface area contributed by atoms with E-state index in [0.717, 1.165) is 29.5 Å². The number of nitrogens with one attached hydrogen (secondary N) is 1. The maximum atomic E-state index is 13.2. The van der Waals surface area contributed by atoms with Gasteiger partial charge in [-0.25, -0.2) is 18.2 Å². The van der Waals surface area contributed by atoms with Crippen LogP contribution in [0.5, 0.6) is 0 Å². The molecule has 2 aromatic carbocycles. The van der Waals surface area contributed by atoms with Gasteiger partial charge in [0, 0.05) is 16.5 Å². The van der Waals surface area contributed by atoms with Crippen LogP contribution in [0.4, 0.5) is 18.3 Å². The molecule has 1 N–H and O–H groups in total. The van der Waals surface area contributed by atoms with Crippen LogP contribution in [0.1, 0.15) is 10.4 Å². The van der Waals surface area contributed by atoms with E-state index in [1.165, 1.54) is 24.3 Å². The van der Waals surface area contributed by atoms with Crippen molar-refractivity contribution in [1.29, 1.82) is 0 Å². The highest BCUT2D eigenvalue weighted by Gasteiger charge is 2.12. The van der Waals surface area contributed by atoms with Gasteiger partial charge in [0.25, 0.3) is 5.91 Å². The van der Waals surface area contributed by atoms with E-state index < -0.39 is 23.4 Å². The third-order valence-electron chi connectivity index (χ3n) is 3.03. The molecular formula is C16H9F3N2OS. The van der Waals surface area contributed by atoms with Crippen LogP contribution in [0.15, 0.2) is 47.8 Å². The molecule has 3 nitrogen and oxygen atoms in total. The minimum Gasteiger partial charge on any atom is -0.298 e. The summed E-state index contributed by atoms with van der Waals surface area (Å²) in [6.45, 7) is 0. The highest BCUT2D eigenvalue weighted by molar-refractivity contribution is 7.14. The number of amides is 1. The van der Waals surface area contributed by atoms with Crippen LogP contribution in [-0.4, -0.2) is 10.9 Å². The molecule has 0 radical (unpaired) electrons. The average Bonchev–Trinajstić information content (AvgIpc) is 2.98. The Morgan fingerprint density at radius 3 is 2.61 bits per heavy atom. The van der Waals surface area contributed by atoms with E-state index in [1.807, 2.05) is 0 Å². The van der Waals surface area contributed by atoms with Gasteiger partial charge in [0.05, 0.1) is 5.69 Å². The van der Waals surface area contributed by atoms with Crippen molar-refractivity contribution in [1.82, 2.24) is 4.98 Å². The summed E-state index contributed by atoms with van der Waals surface area (Å²) in [6.07, 6.45) is 0.